The van der Waals surface area contributed by atoms with Gasteiger partial charge in [-0.2, -0.15) is 0 Å². The van der Waals surface area contributed by atoms with Crippen LogP contribution in [0.3, 0.4) is 0 Å². The first kappa shape index (κ1) is 11.2. The number of hydrogen-bond donors (Lipinski definition) is 1. The van der Waals surface area contributed by atoms with E-state index in [1.165, 1.54) is 5.57 Å². The normalized spacial score (nSPS) is 50.1. The van der Waals surface area contributed by atoms with E-state index in [2.05, 4.69) is 33.8 Å². The van der Waals surface area contributed by atoms with Gasteiger partial charge >= 0.3 is 0 Å². The first-order valence-electron chi connectivity index (χ1n) is 5.93. The van der Waals surface area contributed by atoms with E-state index in [0.717, 1.165) is 0 Å². The molecule has 1 fully saturated rings. The molecule has 0 aromatic carbocycles. The molecule has 2 heteroatoms. The molecule has 2 rings (SSSR count). The van der Waals surface area contributed by atoms with Crippen LogP contribution in [0.1, 0.15) is 27.7 Å². The van der Waals surface area contributed by atoms with Crippen molar-refractivity contribution >= 4 is 0 Å². The summed E-state index contributed by atoms with van der Waals surface area (Å²) < 4.78 is 5.85. The molecule has 1 heterocycles. The standard InChI is InChI=1S/C13H22O2/c1-8-5-9(2)13(6-14)7-15-11(4)12(8)10(13)3/h5,9-12,14H,6-7H2,1-4H3/t9-,10+,11+,12-,13+/m1/s1. The molecule has 2 nitrogen and oxygen atoms in total. The Balaban J connectivity index is 2.43. The first-order chi connectivity index (χ1) is 7.03. The Morgan fingerprint density at radius 2 is 2.13 bits per heavy atom. The minimum absolute atomic E-state index is 0.0450. The minimum atomic E-state index is -0.0450. The third kappa shape index (κ3) is 1.38. The molecular formula is C13H22O2. The Bertz CT molecular complexity index is 284. The van der Waals surface area contributed by atoms with Crippen molar-refractivity contribution in [3.05, 3.63) is 11.6 Å². The van der Waals surface area contributed by atoms with E-state index >= 15 is 0 Å². The summed E-state index contributed by atoms with van der Waals surface area (Å²) in [6.07, 6.45) is 2.63. The second kappa shape index (κ2) is 3.60. The minimum Gasteiger partial charge on any atom is -0.396 e. The van der Waals surface area contributed by atoms with Crippen LogP contribution in [0, 0.1) is 23.2 Å². The fourth-order valence-electron chi connectivity index (χ4n) is 3.60. The van der Waals surface area contributed by atoms with Crippen LogP contribution in [0.4, 0.5) is 0 Å². The third-order valence-corrected chi connectivity index (χ3v) is 4.81. The molecule has 15 heavy (non-hydrogen) atoms. The molecule has 0 amide bonds. The summed E-state index contributed by atoms with van der Waals surface area (Å²) in [5, 5.41) is 9.70. The fraction of sp³-hybridized carbons (Fsp3) is 0.846. The van der Waals surface area contributed by atoms with Gasteiger partial charge in [0.1, 0.15) is 0 Å². The zero-order valence-corrected chi connectivity index (χ0v) is 10.2. The molecule has 1 saturated heterocycles. The maximum absolute atomic E-state index is 9.70. The topological polar surface area (TPSA) is 29.5 Å². The monoisotopic (exact) mass is 210 g/mol. The number of aliphatic hydroxyl groups excluding tert-OH is 1. The average Bonchev–Trinajstić information content (AvgIpc) is 2.17. The lowest BCUT2D eigenvalue weighted by atomic mass is 9.56. The first-order valence-corrected chi connectivity index (χ1v) is 5.93. The van der Waals surface area contributed by atoms with E-state index < -0.39 is 0 Å². The second-order valence-corrected chi connectivity index (χ2v) is 5.42. The van der Waals surface area contributed by atoms with Crippen molar-refractivity contribution in [2.75, 3.05) is 13.2 Å². The van der Waals surface area contributed by atoms with Gasteiger partial charge in [-0.3, -0.25) is 0 Å². The van der Waals surface area contributed by atoms with Crippen LogP contribution in [0.2, 0.25) is 0 Å². The number of fused-ring (bicyclic) bond motifs is 2. The molecule has 0 unspecified atom stereocenters. The zero-order valence-electron chi connectivity index (χ0n) is 10.2. The summed E-state index contributed by atoms with van der Waals surface area (Å²) in [7, 11) is 0. The molecule has 2 aliphatic rings. The van der Waals surface area contributed by atoms with Gasteiger partial charge in [0.25, 0.3) is 0 Å². The van der Waals surface area contributed by atoms with Crippen LogP contribution in [0.15, 0.2) is 11.6 Å². The molecule has 2 bridgehead atoms. The highest BCUT2D eigenvalue weighted by Crippen LogP contribution is 2.51. The lowest BCUT2D eigenvalue weighted by molar-refractivity contribution is -0.157. The molecule has 0 saturated carbocycles. The summed E-state index contributed by atoms with van der Waals surface area (Å²) in [5.74, 6) is 1.43. The van der Waals surface area contributed by atoms with E-state index in [9.17, 15) is 5.11 Å². The highest BCUT2D eigenvalue weighted by molar-refractivity contribution is 5.20. The Kier molecular flexibility index (Phi) is 2.68. The van der Waals surface area contributed by atoms with Crippen LogP contribution in [0.5, 0.6) is 0 Å². The maximum atomic E-state index is 9.70. The lowest BCUT2D eigenvalue weighted by Crippen LogP contribution is -2.55. The Morgan fingerprint density at radius 3 is 2.73 bits per heavy atom. The van der Waals surface area contributed by atoms with E-state index in [4.69, 9.17) is 4.74 Å². The number of allylic oxidation sites excluding steroid dienone is 1. The molecule has 5 atom stereocenters. The van der Waals surface area contributed by atoms with Gasteiger partial charge in [0, 0.05) is 11.3 Å². The van der Waals surface area contributed by atoms with Gasteiger partial charge in [0.15, 0.2) is 0 Å². The van der Waals surface area contributed by atoms with Crippen LogP contribution < -0.4 is 0 Å². The van der Waals surface area contributed by atoms with Gasteiger partial charge in [-0.05, 0) is 25.7 Å². The van der Waals surface area contributed by atoms with Gasteiger partial charge in [-0.15, -0.1) is 0 Å². The molecule has 86 valence electrons. The van der Waals surface area contributed by atoms with Crippen molar-refractivity contribution in [1.82, 2.24) is 0 Å². The smallest absolute Gasteiger partial charge is 0.0615 e. The molecule has 0 radical (unpaired) electrons. The largest absolute Gasteiger partial charge is 0.396 e. The molecule has 0 aromatic heterocycles. The van der Waals surface area contributed by atoms with Crippen molar-refractivity contribution in [3.63, 3.8) is 0 Å². The van der Waals surface area contributed by atoms with Crippen molar-refractivity contribution in [2.45, 2.75) is 33.8 Å². The predicted octanol–water partition coefficient (Wildman–Crippen LogP) is 2.23. The fourth-order valence-corrected chi connectivity index (χ4v) is 3.60. The Hall–Kier alpha value is -0.340. The average molecular weight is 210 g/mol. The van der Waals surface area contributed by atoms with Crippen molar-refractivity contribution in [1.29, 1.82) is 0 Å². The second-order valence-electron chi connectivity index (χ2n) is 5.42. The van der Waals surface area contributed by atoms with Gasteiger partial charge in [-0.1, -0.05) is 25.5 Å². The van der Waals surface area contributed by atoms with E-state index in [0.29, 0.717) is 30.5 Å². The van der Waals surface area contributed by atoms with Crippen molar-refractivity contribution < 1.29 is 9.84 Å². The number of rotatable bonds is 1. The SMILES string of the molecule is CC1=C[C@@H](C)[C@]2(CO)CO[C@@H](C)[C@H]1[C@@H]2C. The van der Waals surface area contributed by atoms with Gasteiger partial charge in [0.05, 0.1) is 19.3 Å². The molecule has 1 aliphatic carbocycles. The number of ether oxygens (including phenoxy) is 1. The van der Waals surface area contributed by atoms with Crippen molar-refractivity contribution in [3.8, 4) is 0 Å². The van der Waals surface area contributed by atoms with Crippen LogP contribution in [-0.2, 0) is 4.74 Å². The van der Waals surface area contributed by atoms with E-state index in [1.54, 1.807) is 0 Å². The van der Waals surface area contributed by atoms with E-state index in [1.807, 2.05) is 0 Å². The van der Waals surface area contributed by atoms with Gasteiger partial charge in [-0.25, -0.2) is 0 Å². The third-order valence-electron chi connectivity index (χ3n) is 4.81. The van der Waals surface area contributed by atoms with Crippen LogP contribution >= 0.6 is 0 Å². The summed E-state index contributed by atoms with van der Waals surface area (Å²) >= 11 is 0. The highest BCUT2D eigenvalue weighted by Gasteiger charge is 2.51. The van der Waals surface area contributed by atoms with Crippen LogP contribution in [-0.4, -0.2) is 24.4 Å². The molecule has 1 aliphatic heterocycles. The summed E-state index contributed by atoms with van der Waals surface area (Å²) in [5.41, 5.74) is 1.39. The molecule has 1 N–H and O–H groups in total. The predicted molar refractivity (Wildman–Crippen MR) is 60.5 cm³/mol. The Morgan fingerprint density at radius 1 is 1.47 bits per heavy atom. The van der Waals surface area contributed by atoms with Crippen LogP contribution in [0.25, 0.3) is 0 Å². The summed E-state index contributed by atoms with van der Waals surface area (Å²) in [6.45, 7) is 9.76. The number of hydrogen-bond acceptors (Lipinski definition) is 2. The molecular weight excluding hydrogens is 188 g/mol. The highest BCUT2D eigenvalue weighted by atomic mass is 16.5. The van der Waals surface area contributed by atoms with Gasteiger partial charge < -0.3 is 9.84 Å². The quantitative estimate of drug-likeness (QED) is 0.673. The summed E-state index contributed by atoms with van der Waals surface area (Å²) in [6, 6.07) is 0. The Labute approximate surface area is 92.3 Å². The maximum Gasteiger partial charge on any atom is 0.0615 e. The number of aliphatic hydroxyl groups is 1. The zero-order chi connectivity index (χ0) is 11.2. The molecule has 0 spiro atoms. The van der Waals surface area contributed by atoms with Gasteiger partial charge in [0.2, 0.25) is 0 Å². The van der Waals surface area contributed by atoms with E-state index in [-0.39, 0.29) is 12.0 Å². The lowest BCUT2D eigenvalue weighted by Gasteiger charge is -2.54. The van der Waals surface area contributed by atoms with Crippen molar-refractivity contribution in [2.24, 2.45) is 23.2 Å². The summed E-state index contributed by atoms with van der Waals surface area (Å²) in [4.78, 5) is 0. The molecule has 0 aromatic rings.